The Balaban J connectivity index is 2.88. The highest BCUT2D eigenvalue weighted by molar-refractivity contribution is 5.29. The van der Waals surface area contributed by atoms with Crippen molar-refractivity contribution in [3.05, 3.63) is 23.4 Å². The van der Waals surface area contributed by atoms with Crippen molar-refractivity contribution < 1.29 is 9.84 Å². The fourth-order valence-corrected chi connectivity index (χ4v) is 1.29. The second kappa shape index (κ2) is 4.96. The highest BCUT2D eigenvalue weighted by Gasteiger charge is 2.08. The van der Waals surface area contributed by atoms with Gasteiger partial charge in [-0.25, -0.2) is 4.98 Å². The summed E-state index contributed by atoms with van der Waals surface area (Å²) in [6.45, 7) is 6.42. The summed E-state index contributed by atoms with van der Waals surface area (Å²) in [4.78, 5) is 4.15. The van der Waals surface area contributed by atoms with E-state index in [1.165, 1.54) is 0 Å². The predicted molar refractivity (Wildman–Crippen MR) is 55.4 cm³/mol. The first kappa shape index (κ1) is 11.0. The van der Waals surface area contributed by atoms with E-state index < -0.39 is 6.10 Å². The summed E-state index contributed by atoms with van der Waals surface area (Å²) in [5.41, 5.74) is 1.82. The Labute approximate surface area is 84.7 Å². The molecule has 0 aliphatic heterocycles. The molecule has 1 unspecified atom stereocenters. The minimum atomic E-state index is -0.420. The maximum atomic E-state index is 9.59. The van der Waals surface area contributed by atoms with Crippen molar-refractivity contribution in [3.63, 3.8) is 0 Å². The lowest BCUT2D eigenvalue weighted by atomic mass is 10.1. The molecular formula is C11H17NO2. The zero-order valence-electron chi connectivity index (χ0n) is 8.95. The minimum absolute atomic E-state index is 0.420. The van der Waals surface area contributed by atoms with Gasteiger partial charge in [0.25, 0.3) is 0 Å². The lowest BCUT2D eigenvalue weighted by molar-refractivity contribution is 0.173. The number of hydrogen-bond acceptors (Lipinski definition) is 3. The van der Waals surface area contributed by atoms with Gasteiger partial charge in [0, 0.05) is 11.8 Å². The van der Waals surface area contributed by atoms with E-state index in [1.54, 1.807) is 6.20 Å². The van der Waals surface area contributed by atoms with Gasteiger partial charge in [-0.3, -0.25) is 0 Å². The predicted octanol–water partition coefficient (Wildman–Crippen LogP) is 2.23. The Kier molecular flexibility index (Phi) is 3.89. The Morgan fingerprint density at radius 2 is 2.21 bits per heavy atom. The highest BCUT2D eigenvalue weighted by Crippen LogP contribution is 2.21. The van der Waals surface area contributed by atoms with Gasteiger partial charge in [-0.2, -0.15) is 0 Å². The van der Waals surface area contributed by atoms with Crippen LogP contribution in [0.4, 0.5) is 0 Å². The lowest BCUT2D eigenvalue weighted by Crippen LogP contribution is -2.01. The number of nitrogens with zero attached hydrogens (tertiary/aromatic N) is 1. The van der Waals surface area contributed by atoms with Crippen LogP contribution < -0.4 is 4.74 Å². The molecule has 0 spiro atoms. The number of rotatable bonds is 4. The fraction of sp³-hybridized carbons (Fsp3) is 0.545. The van der Waals surface area contributed by atoms with Crippen LogP contribution in [0.2, 0.25) is 0 Å². The van der Waals surface area contributed by atoms with Crippen LogP contribution in [0.25, 0.3) is 0 Å². The van der Waals surface area contributed by atoms with Gasteiger partial charge >= 0.3 is 0 Å². The maximum absolute atomic E-state index is 9.59. The van der Waals surface area contributed by atoms with Crippen molar-refractivity contribution in [1.82, 2.24) is 4.98 Å². The molecule has 0 aliphatic carbocycles. The Morgan fingerprint density at radius 1 is 1.50 bits per heavy atom. The maximum Gasteiger partial charge on any atom is 0.216 e. The molecule has 0 radical (unpaired) electrons. The van der Waals surface area contributed by atoms with Crippen LogP contribution in [0.15, 0.2) is 12.3 Å². The van der Waals surface area contributed by atoms with Crippen LogP contribution in [0.1, 0.15) is 37.5 Å². The molecular weight excluding hydrogens is 178 g/mol. The summed E-state index contributed by atoms with van der Waals surface area (Å²) < 4.78 is 5.31. The van der Waals surface area contributed by atoms with Crippen LogP contribution in [-0.4, -0.2) is 16.7 Å². The van der Waals surface area contributed by atoms with Gasteiger partial charge in [-0.1, -0.05) is 6.92 Å². The lowest BCUT2D eigenvalue weighted by Gasteiger charge is -2.10. The summed E-state index contributed by atoms with van der Waals surface area (Å²) in [6.07, 6.45) is 1.96. The molecule has 0 fully saturated rings. The van der Waals surface area contributed by atoms with Crippen LogP contribution in [0, 0.1) is 6.92 Å². The van der Waals surface area contributed by atoms with E-state index in [-0.39, 0.29) is 0 Å². The Morgan fingerprint density at radius 3 is 2.71 bits per heavy atom. The highest BCUT2D eigenvalue weighted by atomic mass is 16.5. The van der Waals surface area contributed by atoms with Gasteiger partial charge in [-0.05, 0) is 31.9 Å². The van der Waals surface area contributed by atoms with Crippen molar-refractivity contribution >= 4 is 0 Å². The molecule has 1 aromatic heterocycles. The zero-order chi connectivity index (χ0) is 10.6. The summed E-state index contributed by atoms with van der Waals surface area (Å²) in [7, 11) is 0. The van der Waals surface area contributed by atoms with E-state index in [4.69, 9.17) is 4.74 Å². The monoisotopic (exact) mass is 195 g/mol. The largest absolute Gasteiger partial charge is 0.478 e. The molecule has 1 aromatic rings. The number of pyridine rings is 1. The van der Waals surface area contributed by atoms with Crippen molar-refractivity contribution in [2.24, 2.45) is 0 Å². The number of ether oxygens (including phenoxy) is 1. The number of aliphatic hydroxyl groups excluding tert-OH is 1. The normalized spacial score (nSPS) is 12.6. The van der Waals surface area contributed by atoms with Crippen molar-refractivity contribution in [1.29, 1.82) is 0 Å². The topological polar surface area (TPSA) is 42.4 Å². The van der Waals surface area contributed by atoms with Crippen LogP contribution in [0.3, 0.4) is 0 Å². The molecule has 1 rings (SSSR count). The summed E-state index contributed by atoms with van der Waals surface area (Å²) >= 11 is 0. The third-order valence-corrected chi connectivity index (χ3v) is 2.10. The molecule has 78 valence electrons. The van der Waals surface area contributed by atoms with Gasteiger partial charge in [0.1, 0.15) is 0 Å². The summed E-state index contributed by atoms with van der Waals surface area (Å²) in [5, 5.41) is 9.59. The van der Waals surface area contributed by atoms with E-state index in [9.17, 15) is 5.11 Å². The molecule has 0 bridgehead atoms. The van der Waals surface area contributed by atoms with Gasteiger partial charge in [0.05, 0.1) is 12.7 Å². The van der Waals surface area contributed by atoms with Gasteiger partial charge in [0.2, 0.25) is 5.88 Å². The van der Waals surface area contributed by atoms with Crippen LogP contribution in [0.5, 0.6) is 5.88 Å². The second-order valence-corrected chi connectivity index (χ2v) is 3.25. The molecule has 0 aromatic carbocycles. The third-order valence-electron chi connectivity index (χ3n) is 2.10. The van der Waals surface area contributed by atoms with Gasteiger partial charge in [-0.15, -0.1) is 0 Å². The van der Waals surface area contributed by atoms with Gasteiger partial charge in [0.15, 0.2) is 0 Å². The molecule has 0 saturated carbocycles. The Bertz CT molecular complexity index is 299. The molecule has 1 N–H and O–H groups in total. The molecule has 0 saturated heterocycles. The van der Waals surface area contributed by atoms with Crippen molar-refractivity contribution in [2.75, 3.05) is 6.61 Å². The summed E-state index contributed by atoms with van der Waals surface area (Å²) in [5.74, 6) is 0.652. The van der Waals surface area contributed by atoms with Crippen molar-refractivity contribution in [2.45, 2.75) is 33.3 Å². The summed E-state index contributed by atoms with van der Waals surface area (Å²) in [6, 6.07) is 1.92. The zero-order valence-corrected chi connectivity index (χ0v) is 8.95. The average molecular weight is 195 g/mol. The first-order valence-electron chi connectivity index (χ1n) is 4.96. The van der Waals surface area contributed by atoms with Crippen LogP contribution in [-0.2, 0) is 0 Å². The molecule has 0 amide bonds. The van der Waals surface area contributed by atoms with Gasteiger partial charge < -0.3 is 9.84 Å². The smallest absolute Gasteiger partial charge is 0.216 e. The van der Waals surface area contributed by atoms with E-state index in [2.05, 4.69) is 4.98 Å². The number of aliphatic hydroxyl groups is 1. The fourth-order valence-electron chi connectivity index (χ4n) is 1.29. The number of aryl methyl sites for hydroxylation is 1. The van der Waals surface area contributed by atoms with Crippen LogP contribution >= 0.6 is 0 Å². The number of hydrogen-bond donors (Lipinski definition) is 1. The van der Waals surface area contributed by atoms with E-state index in [0.29, 0.717) is 18.9 Å². The number of aromatic nitrogens is 1. The Hall–Kier alpha value is -1.09. The average Bonchev–Trinajstić information content (AvgIpc) is 2.20. The van der Waals surface area contributed by atoms with E-state index in [1.807, 2.05) is 26.8 Å². The molecule has 3 heteroatoms. The molecule has 1 heterocycles. The van der Waals surface area contributed by atoms with Crippen molar-refractivity contribution in [3.8, 4) is 5.88 Å². The molecule has 1 atom stereocenters. The first-order chi connectivity index (χ1) is 6.69. The first-order valence-corrected chi connectivity index (χ1v) is 4.96. The third kappa shape index (κ3) is 2.45. The molecule has 0 aliphatic rings. The SMILES string of the molecule is CCOc1ncc(C(O)CC)cc1C. The molecule has 14 heavy (non-hydrogen) atoms. The molecule has 3 nitrogen and oxygen atoms in total. The van der Waals surface area contributed by atoms with E-state index >= 15 is 0 Å². The standard InChI is InChI=1S/C11H17NO2/c1-4-10(13)9-6-8(3)11(12-7-9)14-5-2/h6-7,10,13H,4-5H2,1-3H3. The second-order valence-electron chi connectivity index (χ2n) is 3.25. The quantitative estimate of drug-likeness (QED) is 0.801. The van der Waals surface area contributed by atoms with E-state index in [0.717, 1.165) is 11.1 Å². The minimum Gasteiger partial charge on any atom is -0.478 e.